The van der Waals surface area contributed by atoms with Crippen molar-refractivity contribution in [3.05, 3.63) is 133 Å². The number of rotatable bonds is 14. The van der Waals surface area contributed by atoms with Crippen LogP contribution < -0.4 is 0 Å². The van der Waals surface area contributed by atoms with Crippen LogP contribution >= 0.6 is 0 Å². The van der Waals surface area contributed by atoms with Crippen LogP contribution in [-0.2, 0) is 34.0 Å². The zero-order chi connectivity index (χ0) is 23.3. The normalized spacial score (nSPS) is 14.7. The lowest BCUT2D eigenvalue weighted by atomic mass is 10.0. The smallest absolute Gasteiger partial charge is 0.117 e. The molecule has 0 aliphatic heterocycles. The Morgan fingerprint density at radius 2 is 0.970 bits per heavy atom. The Labute approximate surface area is 196 Å². The summed E-state index contributed by atoms with van der Waals surface area (Å²) in [6.45, 7) is 8.79. The number of ether oxygens (including phenoxy) is 3. The van der Waals surface area contributed by atoms with Crippen molar-refractivity contribution in [1.29, 1.82) is 0 Å². The van der Waals surface area contributed by atoms with Crippen LogP contribution in [0.1, 0.15) is 16.7 Å². The van der Waals surface area contributed by atoms with Gasteiger partial charge >= 0.3 is 0 Å². The zero-order valence-corrected chi connectivity index (χ0v) is 18.8. The summed E-state index contributed by atoms with van der Waals surface area (Å²) in [7, 11) is 0. The molecule has 0 saturated heterocycles. The molecule has 0 spiro atoms. The van der Waals surface area contributed by atoms with Crippen molar-refractivity contribution in [2.45, 2.75) is 44.2 Å². The van der Waals surface area contributed by atoms with Crippen LogP contribution in [0.4, 0.5) is 0 Å². The van der Waals surface area contributed by atoms with Crippen LogP contribution in [0.3, 0.4) is 0 Å². The first-order valence-corrected chi connectivity index (χ1v) is 11.1. The minimum atomic E-state index is -0.947. The van der Waals surface area contributed by atoms with E-state index in [9.17, 15) is 5.11 Å². The predicted molar refractivity (Wildman–Crippen MR) is 131 cm³/mol. The molecule has 0 heterocycles. The van der Waals surface area contributed by atoms with Crippen LogP contribution in [-0.4, -0.2) is 29.5 Å². The van der Waals surface area contributed by atoms with Crippen LogP contribution in [0, 0.1) is 0 Å². The van der Waals surface area contributed by atoms with Gasteiger partial charge in [-0.15, -0.1) is 13.2 Å². The third-order valence-electron chi connectivity index (χ3n) is 5.31. The van der Waals surface area contributed by atoms with Crippen molar-refractivity contribution in [3.8, 4) is 0 Å². The highest BCUT2D eigenvalue weighted by molar-refractivity contribution is 5.16. The summed E-state index contributed by atoms with van der Waals surface area (Å²) < 4.78 is 18.7. The maximum absolute atomic E-state index is 10.8. The van der Waals surface area contributed by atoms with Gasteiger partial charge in [-0.3, -0.25) is 0 Å². The summed E-state index contributed by atoms with van der Waals surface area (Å²) in [5.41, 5.74) is 3.06. The molecular weight excluding hydrogens is 412 g/mol. The van der Waals surface area contributed by atoms with Gasteiger partial charge in [0.15, 0.2) is 0 Å². The fraction of sp³-hybridized carbons (Fsp3) is 0.241. The molecule has 0 amide bonds. The first-order valence-electron chi connectivity index (χ1n) is 11.1. The van der Waals surface area contributed by atoms with Crippen LogP contribution in [0.15, 0.2) is 116 Å². The molecule has 0 bridgehead atoms. The van der Waals surface area contributed by atoms with E-state index in [1.165, 1.54) is 6.08 Å². The topological polar surface area (TPSA) is 47.9 Å². The molecule has 3 aromatic rings. The van der Waals surface area contributed by atoms with Crippen molar-refractivity contribution in [2.75, 3.05) is 0 Å². The van der Waals surface area contributed by atoms with Crippen LogP contribution in [0.2, 0.25) is 0 Å². The molecule has 4 nitrogen and oxygen atoms in total. The first-order chi connectivity index (χ1) is 16.2. The molecular formula is C29H32O4. The SMILES string of the molecule is C=C[C@H](OCc1ccccc1)[C@@H](OCc1ccccc1)[C@H](OCc1ccccc1)[C@@H](O)C=C. The molecule has 1 N–H and O–H groups in total. The lowest BCUT2D eigenvalue weighted by molar-refractivity contribution is -0.161. The fourth-order valence-electron chi connectivity index (χ4n) is 3.50. The van der Waals surface area contributed by atoms with E-state index in [1.807, 2.05) is 91.0 Å². The Bertz CT molecular complexity index is 943. The zero-order valence-electron chi connectivity index (χ0n) is 18.8. The molecule has 0 radical (unpaired) electrons. The Kier molecular flexibility index (Phi) is 10.1. The Hall–Kier alpha value is -3.02. The van der Waals surface area contributed by atoms with E-state index < -0.39 is 24.4 Å². The summed E-state index contributed by atoms with van der Waals surface area (Å²) in [5.74, 6) is 0. The van der Waals surface area contributed by atoms with E-state index in [2.05, 4.69) is 13.2 Å². The van der Waals surface area contributed by atoms with E-state index in [0.717, 1.165) is 16.7 Å². The standard InChI is InChI=1S/C29H32O4/c1-3-26(30)28(32-21-24-16-10-6-11-17-24)29(33-22-25-18-12-7-13-19-25)27(4-2)31-20-23-14-8-5-9-15-23/h3-19,26-30H,1-2,20-22H2/t26-,27-,28+,29+/m0/s1. The largest absolute Gasteiger partial charge is 0.386 e. The second-order valence-electron chi connectivity index (χ2n) is 7.75. The number of aliphatic hydroxyl groups excluding tert-OH is 1. The molecule has 4 atom stereocenters. The van der Waals surface area contributed by atoms with Crippen LogP contribution in [0.5, 0.6) is 0 Å². The quantitative estimate of drug-likeness (QED) is 0.335. The molecule has 0 saturated carbocycles. The maximum Gasteiger partial charge on any atom is 0.117 e. The average molecular weight is 445 g/mol. The highest BCUT2D eigenvalue weighted by Gasteiger charge is 2.34. The second kappa shape index (κ2) is 13.5. The number of aliphatic hydroxyl groups is 1. The average Bonchev–Trinajstić information content (AvgIpc) is 2.88. The summed E-state index contributed by atoms with van der Waals surface area (Å²) >= 11 is 0. The molecule has 0 aliphatic rings. The van der Waals surface area contributed by atoms with Gasteiger partial charge in [0.05, 0.1) is 19.8 Å². The Morgan fingerprint density at radius 3 is 1.36 bits per heavy atom. The van der Waals surface area contributed by atoms with E-state index in [-0.39, 0.29) is 0 Å². The first kappa shape index (κ1) is 24.6. The Balaban J connectivity index is 1.80. The summed E-state index contributed by atoms with van der Waals surface area (Å²) in [6, 6.07) is 29.6. The van der Waals surface area contributed by atoms with Gasteiger partial charge < -0.3 is 19.3 Å². The lowest BCUT2D eigenvalue weighted by Gasteiger charge is -2.34. The maximum atomic E-state index is 10.8. The molecule has 33 heavy (non-hydrogen) atoms. The second-order valence-corrected chi connectivity index (χ2v) is 7.75. The van der Waals surface area contributed by atoms with Crippen molar-refractivity contribution < 1.29 is 19.3 Å². The van der Waals surface area contributed by atoms with Gasteiger partial charge in [-0.1, -0.05) is 103 Å². The Morgan fingerprint density at radius 1 is 0.576 bits per heavy atom. The summed E-state index contributed by atoms with van der Waals surface area (Å²) in [6.07, 6.45) is 0.397. The van der Waals surface area contributed by atoms with Gasteiger partial charge in [-0.05, 0) is 16.7 Å². The van der Waals surface area contributed by atoms with Crippen molar-refractivity contribution in [3.63, 3.8) is 0 Å². The summed E-state index contributed by atoms with van der Waals surface area (Å²) in [5, 5.41) is 10.8. The summed E-state index contributed by atoms with van der Waals surface area (Å²) in [4.78, 5) is 0. The van der Waals surface area contributed by atoms with Crippen molar-refractivity contribution >= 4 is 0 Å². The van der Waals surface area contributed by atoms with Crippen molar-refractivity contribution in [1.82, 2.24) is 0 Å². The van der Waals surface area contributed by atoms with Gasteiger partial charge in [0.2, 0.25) is 0 Å². The van der Waals surface area contributed by atoms with E-state index in [1.54, 1.807) is 6.08 Å². The van der Waals surface area contributed by atoms with Gasteiger partial charge in [0.25, 0.3) is 0 Å². The minimum absolute atomic E-state index is 0.324. The van der Waals surface area contributed by atoms with Gasteiger partial charge in [-0.25, -0.2) is 0 Å². The van der Waals surface area contributed by atoms with E-state index in [0.29, 0.717) is 19.8 Å². The lowest BCUT2D eigenvalue weighted by Crippen LogP contribution is -2.47. The van der Waals surface area contributed by atoms with Gasteiger partial charge in [0.1, 0.15) is 24.4 Å². The molecule has 3 aromatic carbocycles. The monoisotopic (exact) mass is 444 g/mol. The van der Waals surface area contributed by atoms with E-state index in [4.69, 9.17) is 14.2 Å². The van der Waals surface area contributed by atoms with Crippen LogP contribution in [0.25, 0.3) is 0 Å². The fourth-order valence-corrected chi connectivity index (χ4v) is 3.50. The minimum Gasteiger partial charge on any atom is -0.386 e. The van der Waals surface area contributed by atoms with Gasteiger partial charge in [-0.2, -0.15) is 0 Å². The third-order valence-corrected chi connectivity index (χ3v) is 5.31. The molecule has 172 valence electrons. The van der Waals surface area contributed by atoms with E-state index >= 15 is 0 Å². The molecule has 0 aliphatic carbocycles. The predicted octanol–water partition coefficient (Wildman–Crippen LogP) is 5.48. The number of hydrogen-bond donors (Lipinski definition) is 1. The molecule has 0 unspecified atom stereocenters. The molecule has 3 rings (SSSR count). The number of hydrogen-bond acceptors (Lipinski definition) is 4. The van der Waals surface area contributed by atoms with Crippen molar-refractivity contribution in [2.24, 2.45) is 0 Å². The third kappa shape index (κ3) is 7.81. The highest BCUT2D eigenvalue weighted by Crippen LogP contribution is 2.22. The molecule has 0 fully saturated rings. The highest BCUT2D eigenvalue weighted by atomic mass is 16.6. The van der Waals surface area contributed by atoms with Gasteiger partial charge in [0, 0.05) is 0 Å². The number of benzene rings is 3. The molecule has 4 heteroatoms. The molecule has 0 aromatic heterocycles.